The highest BCUT2D eigenvalue weighted by Gasteiger charge is 2.09. The lowest BCUT2D eigenvalue weighted by Gasteiger charge is -2.13. The number of unbranched alkanes of at least 4 members (excludes halogenated alkanes) is 5. The SMILES string of the molecule is CCCCCCCCC(CI)OC(C)=O. The van der Waals surface area contributed by atoms with E-state index >= 15 is 0 Å². The summed E-state index contributed by atoms with van der Waals surface area (Å²) in [5.74, 6) is -0.150. The van der Waals surface area contributed by atoms with Crippen molar-refractivity contribution >= 4 is 28.6 Å². The third-order valence-electron chi connectivity index (χ3n) is 2.38. The quantitative estimate of drug-likeness (QED) is 0.276. The minimum atomic E-state index is -0.150. The molecule has 2 nitrogen and oxygen atoms in total. The van der Waals surface area contributed by atoms with Gasteiger partial charge in [-0.25, -0.2) is 0 Å². The van der Waals surface area contributed by atoms with E-state index in [1.165, 1.54) is 45.4 Å². The molecule has 0 saturated carbocycles. The van der Waals surface area contributed by atoms with E-state index in [2.05, 4.69) is 29.5 Å². The number of esters is 1. The fourth-order valence-corrected chi connectivity index (χ4v) is 2.17. The van der Waals surface area contributed by atoms with Gasteiger partial charge in [0.1, 0.15) is 6.10 Å². The monoisotopic (exact) mass is 326 g/mol. The van der Waals surface area contributed by atoms with E-state index in [1.807, 2.05) is 0 Å². The summed E-state index contributed by atoms with van der Waals surface area (Å²) in [5.41, 5.74) is 0. The number of ether oxygens (including phenoxy) is 1. The maximum Gasteiger partial charge on any atom is 0.302 e. The van der Waals surface area contributed by atoms with Gasteiger partial charge in [0.15, 0.2) is 0 Å². The first-order valence-corrected chi connectivity index (χ1v) is 7.46. The van der Waals surface area contributed by atoms with Crippen molar-refractivity contribution in [1.29, 1.82) is 0 Å². The third-order valence-corrected chi connectivity index (χ3v) is 3.37. The lowest BCUT2D eigenvalue weighted by molar-refractivity contribution is -0.145. The molecule has 0 rings (SSSR count). The molecule has 1 unspecified atom stereocenters. The van der Waals surface area contributed by atoms with Crippen molar-refractivity contribution in [2.45, 2.75) is 64.9 Å². The Morgan fingerprint density at radius 2 is 1.80 bits per heavy atom. The van der Waals surface area contributed by atoms with Crippen molar-refractivity contribution in [1.82, 2.24) is 0 Å². The number of carbonyl (C=O) groups is 1. The molecule has 0 saturated heterocycles. The van der Waals surface area contributed by atoms with Gasteiger partial charge in [0.25, 0.3) is 0 Å². The fourth-order valence-electron chi connectivity index (χ4n) is 1.55. The molecule has 0 radical (unpaired) electrons. The van der Waals surface area contributed by atoms with Gasteiger partial charge in [0.2, 0.25) is 0 Å². The van der Waals surface area contributed by atoms with E-state index in [4.69, 9.17) is 4.74 Å². The Bertz CT molecular complexity index is 160. The minimum Gasteiger partial charge on any atom is -0.462 e. The summed E-state index contributed by atoms with van der Waals surface area (Å²) in [6.45, 7) is 3.72. The van der Waals surface area contributed by atoms with Crippen molar-refractivity contribution < 1.29 is 9.53 Å². The van der Waals surface area contributed by atoms with Gasteiger partial charge in [0, 0.05) is 11.4 Å². The van der Waals surface area contributed by atoms with E-state index in [0.29, 0.717) is 0 Å². The molecule has 15 heavy (non-hydrogen) atoms. The Balaban J connectivity index is 3.34. The highest BCUT2D eigenvalue weighted by Crippen LogP contribution is 2.12. The van der Waals surface area contributed by atoms with Gasteiger partial charge in [-0.3, -0.25) is 4.79 Å². The van der Waals surface area contributed by atoms with E-state index in [9.17, 15) is 4.79 Å². The zero-order chi connectivity index (χ0) is 11.5. The third kappa shape index (κ3) is 10.5. The first-order valence-electron chi connectivity index (χ1n) is 5.93. The van der Waals surface area contributed by atoms with Crippen LogP contribution < -0.4 is 0 Å². The summed E-state index contributed by atoms with van der Waals surface area (Å²) in [6, 6.07) is 0. The highest BCUT2D eigenvalue weighted by molar-refractivity contribution is 14.1. The predicted molar refractivity (Wildman–Crippen MR) is 72.4 cm³/mol. The maximum absolute atomic E-state index is 10.8. The minimum absolute atomic E-state index is 0.134. The lowest BCUT2D eigenvalue weighted by Crippen LogP contribution is -2.17. The highest BCUT2D eigenvalue weighted by atomic mass is 127. The summed E-state index contributed by atoms with van der Waals surface area (Å²) in [4.78, 5) is 10.8. The van der Waals surface area contributed by atoms with E-state index in [-0.39, 0.29) is 12.1 Å². The van der Waals surface area contributed by atoms with Gasteiger partial charge in [-0.05, 0) is 12.8 Å². The first kappa shape index (κ1) is 15.2. The molecule has 0 aliphatic heterocycles. The molecule has 0 N–H and O–H groups in total. The van der Waals surface area contributed by atoms with Gasteiger partial charge >= 0.3 is 5.97 Å². The van der Waals surface area contributed by atoms with Crippen LogP contribution in [0.1, 0.15) is 58.8 Å². The average molecular weight is 326 g/mol. The second kappa shape index (κ2) is 10.7. The van der Waals surface area contributed by atoms with Crippen LogP contribution in [-0.2, 0) is 9.53 Å². The zero-order valence-electron chi connectivity index (χ0n) is 9.93. The standard InChI is InChI=1S/C12H23IO2/c1-3-4-5-6-7-8-9-12(10-13)15-11(2)14/h12H,3-10H2,1-2H3. The van der Waals surface area contributed by atoms with Gasteiger partial charge in [-0.2, -0.15) is 0 Å². The van der Waals surface area contributed by atoms with Crippen molar-refractivity contribution in [3.05, 3.63) is 0 Å². The molecule has 0 aliphatic carbocycles. The molecule has 0 aromatic carbocycles. The summed E-state index contributed by atoms with van der Waals surface area (Å²) in [6.07, 6.45) is 8.92. The molecule has 0 bridgehead atoms. The normalized spacial score (nSPS) is 12.5. The Hall–Kier alpha value is 0.200. The van der Waals surface area contributed by atoms with E-state index in [1.54, 1.807) is 0 Å². The lowest BCUT2D eigenvalue weighted by atomic mass is 10.1. The molecule has 0 fully saturated rings. The van der Waals surface area contributed by atoms with Crippen molar-refractivity contribution in [2.75, 3.05) is 4.43 Å². The summed E-state index contributed by atoms with van der Waals surface area (Å²) < 4.78 is 6.09. The number of rotatable bonds is 9. The number of alkyl halides is 1. The number of carbonyl (C=O) groups excluding carboxylic acids is 1. The van der Waals surface area contributed by atoms with Crippen molar-refractivity contribution in [3.8, 4) is 0 Å². The molecule has 0 aromatic heterocycles. The zero-order valence-corrected chi connectivity index (χ0v) is 12.1. The second-order valence-electron chi connectivity index (χ2n) is 3.94. The maximum atomic E-state index is 10.8. The van der Waals surface area contributed by atoms with Crippen LogP contribution in [0.5, 0.6) is 0 Å². The molecule has 0 heterocycles. The summed E-state index contributed by atoms with van der Waals surface area (Å²) in [7, 11) is 0. The molecule has 1 atom stereocenters. The van der Waals surface area contributed by atoms with Crippen LogP contribution in [0.15, 0.2) is 0 Å². The molecule has 0 spiro atoms. The predicted octanol–water partition coefficient (Wildman–Crippen LogP) is 4.10. The van der Waals surface area contributed by atoms with Crippen molar-refractivity contribution in [2.24, 2.45) is 0 Å². The van der Waals surface area contributed by atoms with Crippen LogP contribution in [0.3, 0.4) is 0 Å². The number of halogens is 1. The van der Waals surface area contributed by atoms with Gasteiger partial charge < -0.3 is 4.74 Å². The number of hydrogen-bond acceptors (Lipinski definition) is 2. The van der Waals surface area contributed by atoms with Gasteiger partial charge in [-0.1, -0.05) is 61.6 Å². The number of hydrogen-bond donors (Lipinski definition) is 0. The van der Waals surface area contributed by atoms with Crippen molar-refractivity contribution in [3.63, 3.8) is 0 Å². The molecular formula is C12H23IO2. The fraction of sp³-hybridized carbons (Fsp3) is 0.917. The Labute approximate surface area is 107 Å². The topological polar surface area (TPSA) is 26.3 Å². The molecular weight excluding hydrogens is 303 g/mol. The van der Waals surface area contributed by atoms with Crippen LogP contribution in [0, 0.1) is 0 Å². The van der Waals surface area contributed by atoms with E-state index in [0.717, 1.165) is 10.8 Å². The molecule has 90 valence electrons. The van der Waals surface area contributed by atoms with Crippen LogP contribution in [0.4, 0.5) is 0 Å². The summed E-state index contributed by atoms with van der Waals surface area (Å²) in [5, 5.41) is 0. The average Bonchev–Trinajstić information content (AvgIpc) is 2.20. The van der Waals surface area contributed by atoms with Crippen LogP contribution in [0.2, 0.25) is 0 Å². The Morgan fingerprint density at radius 3 is 2.33 bits per heavy atom. The van der Waals surface area contributed by atoms with Crippen LogP contribution in [0.25, 0.3) is 0 Å². The van der Waals surface area contributed by atoms with Gasteiger partial charge in [0.05, 0.1) is 0 Å². The van der Waals surface area contributed by atoms with E-state index < -0.39 is 0 Å². The molecule has 0 amide bonds. The molecule has 0 aromatic rings. The summed E-state index contributed by atoms with van der Waals surface area (Å²) >= 11 is 2.28. The Morgan fingerprint density at radius 1 is 1.20 bits per heavy atom. The molecule has 3 heteroatoms. The second-order valence-corrected chi connectivity index (χ2v) is 4.82. The van der Waals surface area contributed by atoms with Crippen LogP contribution >= 0.6 is 22.6 Å². The molecule has 0 aliphatic rings. The van der Waals surface area contributed by atoms with Gasteiger partial charge in [-0.15, -0.1) is 0 Å². The smallest absolute Gasteiger partial charge is 0.302 e. The first-order chi connectivity index (χ1) is 7.20. The largest absolute Gasteiger partial charge is 0.462 e. The Kier molecular flexibility index (Phi) is 10.9. The van der Waals surface area contributed by atoms with Crippen LogP contribution in [-0.4, -0.2) is 16.5 Å².